The van der Waals surface area contributed by atoms with E-state index in [0.717, 1.165) is 101 Å². The van der Waals surface area contributed by atoms with E-state index >= 15 is 8.78 Å². The lowest BCUT2D eigenvalue weighted by molar-refractivity contribution is -0.130. The molecule has 0 bridgehead atoms. The average Bonchev–Trinajstić information content (AvgIpc) is 4.27. The van der Waals surface area contributed by atoms with Crippen LogP contribution in [0.3, 0.4) is 0 Å². The molecule has 416 valence electrons. The van der Waals surface area contributed by atoms with Crippen molar-refractivity contribution in [1.82, 2.24) is 44.8 Å². The first kappa shape index (κ1) is 59.6. The van der Waals surface area contributed by atoms with Crippen LogP contribution in [0.2, 0.25) is 0 Å². The molecular weight excluding hydrogens is 1000 g/mol. The number of fused-ring (bicyclic) bond motifs is 2. The zero-order valence-electron chi connectivity index (χ0n) is 45.8. The molecule has 3 aliphatic heterocycles. The van der Waals surface area contributed by atoms with Gasteiger partial charge >= 0.3 is 6.01 Å². The van der Waals surface area contributed by atoms with Crippen molar-refractivity contribution in [2.24, 2.45) is 11.3 Å². The topological polar surface area (TPSA) is 204 Å². The number of pyridine rings is 1. The largest absolute Gasteiger partial charge is 0.508 e. The fraction of sp³-hybridized carbons (Fsp3) is 0.466. The fourth-order valence-electron chi connectivity index (χ4n) is 10.0. The summed E-state index contributed by atoms with van der Waals surface area (Å²) < 4.78 is 44.7. The number of anilines is 1. The fourth-order valence-corrected chi connectivity index (χ4v) is 10.0. The van der Waals surface area contributed by atoms with Crippen LogP contribution in [0.1, 0.15) is 51.5 Å². The number of methoxy groups -OCH3 is 1. The summed E-state index contributed by atoms with van der Waals surface area (Å²) in [7, 11) is 7.30. The standard InChI is InChI=1S/C55H68F2N10O5.C2H3N.CH2O2/c1-10-43-45(56)14-12-39-28-42(69)29-44(46(39)43)49-48(57)50-47(52(59-49)71-9)51(66-25-19-62(7)20-26-66)61-54(60-50)72-34-55(16-17-55)33-65-23-21-64(22-24-65)30-35(2)15-18-63(8)37(4)27-40-31-67(53(70)38(40)5)41(32-68)13-11-36(3)58-6;1-2-3;2-1-3/h1,12,14,27-29,32,35,41,58,69H,3-5,11,13,15-26,30-31,33-34H2,2,6-9H3;1H3;1H,(H,2,3)/b40-27-;;. The molecule has 2 aromatic heterocycles. The van der Waals surface area contributed by atoms with E-state index in [-0.39, 0.29) is 63.2 Å². The number of benzene rings is 2. The van der Waals surface area contributed by atoms with Gasteiger partial charge in [0.1, 0.15) is 40.3 Å². The molecular formula is C58H73F2N11O7. The third-order valence-corrected chi connectivity index (χ3v) is 14.9. The maximum absolute atomic E-state index is 17.3. The second-order valence-electron chi connectivity index (χ2n) is 20.5. The number of aromatic hydroxyl groups is 1. The Morgan fingerprint density at radius 1 is 1.04 bits per heavy atom. The molecule has 5 heterocycles. The molecule has 18 nitrogen and oxygen atoms in total. The number of phenolic OH excluding ortho intramolecular Hbond substituents is 1. The van der Waals surface area contributed by atoms with E-state index in [1.165, 1.54) is 38.3 Å². The zero-order chi connectivity index (χ0) is 56.8. The number of allylic oxidation sites excluding steroid dienone is 2. The van der Waals surface area contributed by atoms with Gasteiger partial charge in [0.05, 0.1) is 31.4 Å². The number of carbonyl (C=O) groups is 3. The van der Waals surface area contributed by atoms with Crippen molar-refractivity contribution in [2.45, 2.75) is 52.0 Å². The van der Waals surface area contributed by atoms with Gasteiger partial charge in [0, 0.05) is 133 Å². The van der Waals surface area contributed by atoms with Crippen LogP contribution >= 0.6 is 0 Å². The van der Waals surface area contributed by atoms with Crippen LogP contribution in [0.25, 0.3) is 32.9 Å². The van der Waals surface area contributed by atoms with E-state index in [1.807, 2.05) is 13.1 Å². The van der Waals surface area contributed by atoms with Crippen LogP contribution in [0.15, 0.2) is 72.6 Å². The quantitative estimate of drug-likeness (QED) is 0.0466. The number of terminal acetylenes is 1. The number of ether oxygens (including phenoxy) is 2. The minimum absolute atomic E-state index is 0.0403. The highest BCUT2D eigenvalue weighted by atomic mass is 19.1. The van der Waals surface area contributed by atoms with Crippen LogP contribution < -0.4 is 19.7 Å². The number of carboxylic acid groups (broad SMARTS) is 1. The maximum atomic E-state index is 17.3. The van der Waals surface area contributed by atoms with Gasteiger partial charge < -0.3 is 59.2 Å². The van der Waals surface area contributed by atoms with Gasteiger partial charge in [0.2, 0.25) is 5.88 Å². The normalized spacial score (nSPS) is 17.7. The molecule has 4 aliphatic rings. The van der Waals surface area contributed by atoms with Gasteiger partial charge in [-0.25, -0.2) is 13.8 Å². The Morgan fingerprint density at radius 3 is 2.32 bits per heavy atom. The number of hydrogen-bond acceptors (Lipinski definition) is 16. The van der Waals surface area contributed by atoms with Crippen LogP contribution in [-0.2, 0) is 14.4 Å². The molecule has 20 heteroatoms. The minimum Gasteiger partial charge on any atom is -0.508 e. The Bertz CT molecular complexity index is 2990. The summed E-state index contributed by atoms with van der Waals surface area (Å²) in [6.07, 6.45) is 12.6. The van der Waals surface area contributed by atoms with E-state index in [0.29, 0.717) is 67.2 Å². The third kappa shape index (κ3) is 14.3. The second kappa shape index (κ2) is 27.1. The van der Waals surface area contributed by atoms with Gasteiger partial charge in [-0.2, -0.15) is 15.2 Å². The van der Waals surface area contributed by atoms with Gasteiger partial charge in [-0.3, -0.25) is 9.59 Å². The highest BCUT2D eigenvalue weighted by Crippen LogP contribution is 2.47. The lowest BCUT2D eigenvalue weighted by Crippen LogP contribution is -2.49. The second-order valence-corrected chi connectivity index (χ2v) is 20.5. The number of likely N-dealkylation sites (tertiary alicyclic amines) is 1. The van der Waals surface area contributed by atoms with Gasteiger partial charge in [-0.05, 0) is 80.3 Å². The van der Waals surface area contributed by atoms with Crippen LogP contribution in [0, 0.1) is 46.6 Å². The van der Waals surface area contributed by atoms with E-state index in [2.05, 4.69) is 74.4 Å². The molecule has 8 rings (SSSR count). The number of nitrogens with zero attached hydrogens (tertiary/aromatic N) is 10. The summed E-state index contributed by atoms with van der Waals surface area (Å²) in [4.78, 5) is 60.7. The number of hydrogen-bond donors (Lipinski definition) is 3. The number of piperazine rings is 2. The predicted octanol–water partition coefficient (Wildman–Crippen LogP) is 6.46. The molecule has 0 radical (unpaired) electrons. The molecule has 1 aliphatic carbocycles. The third-order valence-electron chi connectivity index (χ3n) is 14.9. The van der Waals surface area contributed by atoms with E-state index in [9.17, 15) is 14.7 Å². The van der Waals surface area contributed by atoms with Crippen molar-refractivity contribution in [3.8, 4) is 47.3 Å². The Morgan fingerprint density at radius 2 is 1.71 bits per heavy atom. The summed E-state index contributed by atoms with van der Waals surface area (Å²) in [6.45, 7) is 25.6. The van der Waals surface area contributed by atoms with Crippen molar-refractivity contribution in [1.29, 1.82) is 5.26 Å². The molecule has 78 heavy (non-hydrogen) atoms. The Balaban J connectivity index is 0.00000157. The van der Waals surface area contributed by atoms with Crippen molar-refractivity contribution < 1.29 is 42.9 Å². The molecule has 3 N–H and O–H groups in total. The Hall–Kier alpha value is -7.65. The number of halogens is 2. The van der Waals surface area contributed by atoms with Crippen molar-refractivity contribution in [3.63, 3.8) is 0 Å². The monoisotopic (exact) mass is 1070 g/mol. The molecule has 0 spiro atoms. The summed E-state index contributed by atoms with van der Waals surface area (Å²) >= 11 is 0. The molecule has 1 amide bonds. The van der Waals surface area contributed by atoms with Gasteiger partial charge in [0.25, 0.3) is 12.4 Å². The van der Waals surface area contributed by atoms with Crippen molar-refractivity contribution in [2.75, 3.05) is 118 Å². The van der Waals surface area contributed by atoms with E-state index in [4.69, 9.17) is 41.0 Å². The van der Waals surface area contributed by atoms with Crippen LogP contribution in [0.5, 0.6) is 17.6 Å². The maximum Gasteiger partial charge on any atom is 0.319 e. The van der Waals surface area contributed by atoms with Crippen LogP contribution in [0.4, 0.5) is 14.6 Å². The first-order chi connectivity index (χ1) is 37.4. The van der Waals surface area contributed by atoms with E-state index in [1.54, 1.807) is 18.0 Å². The molecule has 2 unspecified atom stereocenters. The minimum atomic E-state index is -0.803. The van der Waals surface area contributed by atoms with Gasteiger partial charge in [0.15, 0.2) is 5.82 Å². The number of phenols is 1. The molecule has 2 atom stereocenters. The smallest absolute Gasteiger partial charge is 0.319 e. The first-order valence-corrected chi connectivity index (χ1v) is 26.1. The molecule has 4 fully saturated rings. The van der Waals surface area contributed by atoms with Gasteiger partial charge in [-0.15, -0.1) is 6.42 Å². The summed E-state index contributed by atoms with van der Waals surface area (Å²) in [5.74, 6) is 1.52. The SMILES string of the molecule is C#Cc1c(F)ccc2cc(O)cc(-c3nc(OC)c4c(N5CCN(C)CC5)nc(OCC5(CN6CCN(CC(C)CCN(C)C(=C)/C=C7/CN(C(C=O)CCC(=C)NC)C(=O)C7=C)CC6)CC5)nc4c3F)c12.CC#N.O=CO. The van der Waals surface area contributed by atoms with Crippen LogP contribution in [-0.4, -0.2) is 188 Å². The number of carbonyl (C=O) groups excluding carboxylic acids is 2. The summed E-state index contributed by atoms with van der Waals surface area (Å²) in [5, 5.41) is 28.9. The van der Waals surface area contributed by atoms with Gasteiger partial charge in [-0.1, -0.05) is 38.6 Å². The highest BCUT2D eigenvalue weighted by molar-refractivity contribution is 6.04. The molecule has 2 aromatic carbocycles. The van der Waals surface area contributed by atoms with E-state index < -0.39 is 17.7 Å². The summed E-state index contributed by atoms with van der Waals surface area (Å²) in [5.41, 5.74) is 2.45. The number of nitrogens with one attached hydrogen (secondary N) is 1. The lowest BCUT2D eigenvalue weighted by Gasteiger charge is -2.37. The Labute approximate surface area is 456 Å². The number of aromatic nitrogens is 3. The average molecular weight is 1070 g/mol. The number of rotatable bonds is 21. The van der Waals surface area contributed by atoms with Crippen molar-refractivity contribution in [3.05, 3.63) is 89.8 Å². The number of aldehydes is 1. The first-order valence-electron chi connectivity index (χ1n) is 26.1. The zero-order valence-corrected chi connectivity index (χ0v) is 45.8. The van der Waals surface area contributed by atoms with Crippen molar-refractivity contribution >= 4 is 46.2 Å². The molecule has 1 saturated carbocycles. The number of nitriles is 1. The lowest BCUT2D eigenvalue weighted by atomic mass is 9.95. The highest BCUT2D eigenvalue weighted by Gasteiger charge is 2.45. The molecule has 4 aromatic rings. The number of likely N-dealkylation sites (N-methyl/N-ethyl adjacent to an activating group) is 2. The predicted molar refractivity (Wildman–Crippen MR) is 298 cm³/mol. The summed E-state index contributed by atoms with van der Waals surface area (Å²) in [6, 6.07) is 6.71. The Kier molecular flexibility index (Phi) is 20.7. The molecule has 3 saturated heterocycles. The number of amides is 1.